The van der Waals surface area contributed by atoms with Crippen molar-refractivity contribution in [3.8, 4) is 32.0 Å². The number of rotatable bonds is 3. The van der Waals surface area contributed by atoms with Gasteiger partial charge in [0.2, 0.25) is 21.1 Å². The van der Waals surface area contributed by atoms with E-state index in [9.17, 15) is 0 Å². The molecule has 25 heavy (non-hydrogen) atoms. The first-order valence-electron chi connectivity index (χ1n) is 8.14. The van der Waals surface area contributed by atoms with Crippen molar-refractivity contribution in [1.29, 1.82) is 0 Å². The molecule has 0 radical (unpaired) electrons. The Kier molecular flexibility index (Phi) is 4.60. The zero-order valence-corrected chi connectivity index (χ0v) is 15.1. The van der Waals surface area contributed by atoms with Crippen LogP contribution in [0.25, 0.3) is 32.0 Å². The summed E-state index contributed by atoms with van der Waals surface area (Å²) in [6.07, 6.45) is 0. The third-order valence-corrected chi connectivity index (χ3v) is 5.45. The van der Waals surface area contributed by atoms with Crippen molar-refractivity contribution in [1.82, 2.24) is 0 Å². The Labute approximate surface area is 157 Å². The lowest BCUT2D eigenvalue weighted by molar-refractivity contribution is 1.62. The van der Waals surface area contributed by atoms with Crippen molar-refractivity contribution in [2.24, 2.45) is 0 Å². The third-order valence-electron chi connectivity index (χ3n) is 4.07. The lowest BCUT2D eigenvalue weighted by Crippen LogP contribution is -1.83. The van der Waals surface area contributed by atoms with Crippen molar-refractivity contribution >= 4 is 22.9 Å². The molecule has 4 rings (SSSR count). The molecule has 0 bridgehead atoms. The van der Waals surface area contributed by atoms with Crippen LogP contribution in [0.5, 0.6) is 0 Å². The molecule has 0 nitrogen and oxygen atoms in total. The van der Waals surface area contributed by atoms with Crippen LogP contribution in [0.2, 0.25) is 5.02 Å². The minimum absolute atomic E-state index is 0.757. The molecule has 4 aromatic rings. The van der Waals surface area contributed by atoms with E-state index in [1.807, 2.05) is 41.7 Å². The lowest BCUT2D eigenvalue weighted by Gasteiger charge is -2.03. The van der Waals surface area contributed by atoms with Gasteiger partial charge in [0.15, 0.2) is 0 Å². The fourth-order valence-corrected chi connectivity index (χ4v) is 4.13. The Balaban J connectivity index is 1.92. The van der Waals surface area contributed by atoms with Crippen molar-refractivity contribution < 1.29 is 0 Å². The zero-order valence-electron chi connectivity index (χ0n) is 13.5. The van der Waals surface area contributed by atoms with Crippen molar-refractivity contribution in [3.63, 3.8) is 0 Å². The van der Waals surface area contributed by atoms with Gasteiger partial charge in [-0.1, -0.05) is 60.1 Å². The molecule has 0 fully saturated rings. The number of hydrogen-bond donors (Lipinski definition) is 0. The molecular weight excluding hydrogens is 344 g/mol. The first-order chi connectivity index (χ1) is 12.3. The normalized spacial score (nSPS) is 10.6. The molecule has 0 saturated heterocycles. The first-order valence-corrected chi connectivity index (χ1v) is 9.34. The van der Waals surface area contributed by atoms with Gasteiger partial charge in [0, 0.05) is 28.3 Å². The SMILES string of the molecule is Clc1cccc(-c2cc(-c3ccccc3)[s+]c(-c3ccccc3)c2)c1. The van der Waals surface area contributed by atoms with Crippen LogP contribution < -0.4 is 0 Å². The van der Waals surface area contributed by atoms with E-state index in [2.05, 4.69) is 66.7 Å². The van der Waals surface area contributed by atoms with Gasteiger partial charge in [0.25, 0.3) is 0 Å². The molecule has 0 N–H and O–H groups in total. The molecule has 1 aromatic heterocycles. The minimum Gasteiger partial charge on any atom is -0.0843 e. The summed E-state index contributed by atoms with van der Waals surface area (Å²) in [5, 5.41) is 0.757. The first kappa shape index (κ1) is 16.0. The minimum atomic E-state index is 0.757. The molecule has 0 unspecified atom stereocenters. The monoisotopic (exact) mass is 359 g/mol. The van der Waals surface area contributed by atoms with Crippen molar-refractivity contribution in [2.45, 2.75) is 0 Å². The maximum absolute atomic E-state index is 6.21. The van der Waals surface area contributed by atoms with Gasteiger partial charge in [0.1, 0.15) is 0 Å². The van der Waals surface area contributed by atoms with Crippen LogP contribution in [0.4, 0.5) is 0 Å². The van der Waals surface area contributed by atoms with Crippen LogP contribution in [0.15, 0.2) is 97.1 Å². The average molecular weight is 360 g/mol. The highest BCUT2D eigenvalue weighted by Gasteiger charge is 2.19. The molecule has 1 heterocycles. The van der Waals surface area contributed by atoms with Gasteiger partial charge in [-0.2, -0.15) is 0 Å². The summed E-state index contributed by atoms with van der Waals surface area (Å²) in [7, 11) is 0. The third kappa shape index (κ3) is 3.63. The second-order valence-corrected chi connectivity index (χ2v) is 7.34. The van der Waals surface area contributed by atoms with Gasteiger partial charge in [-0.05, 0) is 47.5 Å². The van der Waals surface area contributed by atoms with E-state index in [1.165, 1.54) is 26.4 Å². The predicted molar refractivity (Wildman–Crippen MR) is 110 cm³/mol. The van der Waals surface area contributed by atoms with Gasteiger partial charge in [-0.15, -0.1) is 0 Å². The molecule has 0 spiro atoms. The Hall–Kier alpha value is -2.48. The van der Waals surface area contributed by atoms with Crippen molar-refractivity contribution in [2.75, 3.05) is 0 Å². The predicted octanol–water partition coefficient (Wildman–Crippen LogP) is 7.68. The summed E-state index contributed by atoms with van der Waals surface area (Å²) >= 11 is 8.02. The van der Waals surface area contributed by atoms with Gasteiger partial charge in [0.05, 0.1) is 0 Å². The molecule has 0 aliphatic rings. The summed E-state index contributed by atoms with van der Waals surface area (Å²) in [5.41, 5.74) is 4.77. The van der Waals surface area contributed by atoms with E-state index in [0.717, 1.165) is 10.6 Å². The fraction of sp³-hybridized carbons (Fsp3) is 0. The molecule has 0 atom stereocenters. The molecule has 2 heteroatoms. The zero-order chi connectivity index (χ0) is 17.1. The molecule has 120 valence electrons. The van der Waals surface area contributed by atoms with Crippen LogP contribution in [0, 0.1) is 0 Å². The Morgan fingerprint density at radius 3 is 1.52 bits per heavy atom. The van der Waals surface area contributed by atoms with E-state index >= 15 is 0 Å². The van der Waals surface area contributed by atoms with Gasteiger partial charge in [-0.25, -0.2) is 0 Å². The standard InChI is InChI=1S/C23H16ClS/c24-21-13-7-12-19(14-21)20-15-22(17-8-3-1-4-9-17)25-23(16-20)18-10-5-2-6-11-18/h1-16H/q+1. The molecule has 0 aliphatic heterocycles. The number of hydrogen-bond acceptors (Lipinski definition) is 0. The highest BCUT2D eigenvalue weighted by atomic mass is 35.5. The van der Waals surface area contributed by atoms with Crippen LogP contribution in [0.1, 0.15) is 0 Å². The summed E-state index contributed by atoms with van der Waals surface area (Å²) in [5.74, 6) is 0. The summed E-state index contributed by atoms with van der Waals surface area (Å²) in [6.45, 7) is 0. The molecule has 0 amide bonds. The summed E-state index contributed by atoms with van der Waals surface area (Å²) in [4.78, 5) is 2.49. The highest BCUT2D eigenvalue weighted by Crippen LogP contribution is 2.37. The van der Waals surface area contributed by atoms with E-state index in [4.69, 9.17) is 11.6 Å². The number of halogens is 1. The van der Waals surface area contributed by atoms with E-state index in [-0.39, 0.29) is 0 Å². The quantitative estimate of drug-likeness (QED) is 0.329. The largest absolute Gasteiger partial charge is 0.239 e. The fourth-order valence-electron chi connectivity index (χ4n) is 2.83. The number of benzene rings is 3. The highest BCUT2D eigenvalue weighted by molar-refractivity contribution is 7.18. The second-order valence-electron chi connectivity index (χ2n) is 5.82. The smallest absolute Gasteiger partial charge is 0.0843 e. The van der Waals surface area contributed by atoms with E-state index < -0.39 is 0 Å². The topological polar surface area (TPSA) is 0 Å². The summed E-state index contributed by atoms with van der Waals surface area (Å²) in [6, 6.07) is 33.6. The Morgan fingerprint density at radius 2 is 1.00 bits per heavy atom. The molecule has 3 aromatic carbocycles. The van der Waals surface area contributed by atoms with E-state index in [1.54, 1.807) is 0 Å². The molecular formula is C23H16ClS+. The Bertz CT molecular complexity index is 937. The van der Waals surface area contributed by atoms with Crippen LogP contribution in [-0.2, 0) is 0 Å². The van der Waals surface area contributed by atoms with Gasteiger partial charge in [-0.3, -0.25) is 0 Å². The van der Waals surface area contributed by atoms with E-state index in [0.29, 0.717) is 0 Å². The second kappa shape index (κ2) is 7.18. The lowest BCUT2D eigenvalue weighted by atomic mass is 10.0. The van der Waals surface area contributed by atoms with Gasteiger partial charge >= 0.3 is 0 Å². The molecule has 0 aliphatic carbocycles. The summed E-state index contributed by atoms with van der Waals surface area (Å²) < 4.78 is 0. The van der Waals surface area contributed by atoms with Crippen LogP contribution in [-0.4, -0.2) is 0 Å². The maximum atomic E-state index is 6.21. The van der Waals surface area contributed by atoms with Crippen molar-refractivity contribution in [3.05, 3.63) is 102 Å². The Morgan fingerprint density at radius 1 is 0.480 bits per heavy atom. The average Bonchev–Trinajstić information content (AvgIpc) is 2.69. The maximum Gasteiger partial charge on any atom is 0.239 e. The van der Waals surface area contributed by atoms with Crippen LogP contribution in [0.3, 0.4) is 0 Å². The molecule has 0 saturated carbocycles. The van der Waals surface area contributed by atoms with Gasteiger partial charge < -0.3 is 0 Å². The van der Waals surface area contributed by atoms with Crippen LogP contribution >= 0.6 is 22.9 Å².